The lowest BCUT2D eigenvalue weighted by atomic mass is 9.67. The van der Waals surface area contributed by atoms with Crippen LogP contribution < -0.4 is 4.74 Å². The highest BCUT2D eigenvalue weighted by atomic mass is 16.5. The Morgan fingerprint density at radius 3 is 2.56 bits per heavy atom. The van der Waals surface area contributed by atoms with Crippen LogP contribution in [-0.4, -0.2) is 36.8 Å². The predicted molar refractivity (Wildman–Crippen MR) is 101 cm³/mol. The normalized spacial score (nSPS) is 24.2. The molecule has 1 heterocycles. The van der Waals surface area contributed by atoms with Crippen LogP contribution in [0.4, 0.5) is 0 Å². The summed E-state index contributed by atoms with van der Waals surface area (Å²) in [7, 11) is 2.80. The van der Waals surface area contributed by atoms with E-state index in [-0.39, 0.29) is 16.9 Å². The van der Waals surface area contributed by atoms with Crippen molar-refractivity contribution in [3.05, 3.63) is 35.0 Å². The number of Topliss-reactive ketones (excluding diaryl/α,β-unsaturated/α-hetero) is 1. The number of methoxy groups -OCH3 is 2. The van der Waals surface area contributed by atoms with Gasteiger partial charge in [-0.3, -0.25) is 14.6 Å². The molecule has 0 aromatic heterocycles. The number of benzene rings is 1. The van der Waals surface area contributed by atoms with Crippen LogP contribution in [0.15, 0.2) is 34.5 Å². The SMILES string of the molecule is COC(=O)C1C(C)=NC2=C(C(=O)CC(C)(C)C2)[C@@H]1c1ccc(OC)c(O)c1. The van der Waals surface area contributed by atoms with Crippen molar-refractivity contribution in [3.63, 3.8) is 0 Å². The molecule has 1 aliphatic heterocycles. The lowest BCUT2D eigenvalue weighted by Gasteiger charge is -2.38. The zero-order chi connectivity index (χ0) is 19.9. The number of phenolic OH excluding ortho intramolecular Hbond substituents is 1. The maximum atomic E-state index is 13.0. The van der Waals surface area contributed by atoms with Gasteiger partial charge in [-0.2, -0.15) is 0 Å². The highest BCUT2D eigenvalue weighted by Gasteiger charge is 2.46. The average Bonchev–Trinajstić information content (AvgIpc) is 2.58. The number of allylic oxidation sites excluding steroid dienone is 2. The Balaban J connectivity index is 2.20. The molecular formula is C21H25NO5. The van der Waals surface area contributed by atoms with Crippen LogP contribution in [0.3, 0.4) is 0 Å². The van der Waals surface area contributed by atoms with Gasteiger partial charge in [0.1, 0.15) is 5.92 Å². The van der Waals surface area contributed by atoms with Crippen LogP contribution >= 0.6 is 0 Å². The number of nitrogens with zero attached hydrogens (tertiary/aromatic N) is 1. The minimum Gasteiger partial charge on any atom is -0.504 e. The topological polar surface area (TPSA) is 85.2 Å². The van der Waals surface area contributed by atoms with Crippen LogP contribution in [0.1, 0.15) is 45.1 Å². The molecular weight excluding hydrogens is 346 g/mol. The second-order valence-corrected chi connectivity index (χ2v) is 7.96. The third-order valence-corrected chi connectivity index (χ3v) is 5.32. The van der Waals surface area contributed by atoms with E-state index in [1.165, 1.54) is 14.2 Å². The summed E-state index contributed by atoms with van der Waals surface area (Å²) in [6.07, 6.45) is 1.06. The third kappa shape index (κ3) is 3.36. The summed E-state index contributed by atoms with van der Waals surface area (Å²) in [5.74, 6) is -1.39. The lowest BCUT2D eigenvalue weighted by Crippen LogP contribution is -2.39. The Morgan fingerprint density at radius 2 is 1.96 bits per heavy atom. The fraction of sp³-hybridized carbons (Fsp3) is 0.476. The molecule has 0 bridgehead atoms. The maximum absolute atomic E-state index is 13.0. The number of hydrogen-bond donors (Lipinski definition) is 1. The second-order valence-electron chi connectivity index (χ2n) is 7.96. The Kier molecular flexibility index (Phi) is 4.84. The molecule has 1 unspecified atom stereocenters. The van der Waals surface area contributed by atoms with Crippen molar-refractivity contribution in [2.75, 3.05) is 14.2 Å². The van der Waals surface area contributed by atoms with E-state index in [1.54, 1.807) is 25.1 Å². The van der Waals surface area contributed by atoms with Gasteiger partial charge < -0.3 is 14.6 Å². The van der Waals surface area contributed by atoms with Crippen molar-refractivity contribution in [3.8, 4) is 11.5 Å². The van der Waals surface area contributed by atoms with Gasteiger partial charge >= 0.3 is 5.97 Å². The standard InChI is InChI=1S/C21H25NO5/c1-11-17(20(25)27-5)18(12-6-7-16(26-4)14(23)8-12)19-13(22-11)9-21(2,3)10-15(19)24/h6-8,17-18,23H,9-10H2,1-5H3/t17?,18-/m1/s1. The summed E-state index contributed by atoms with van der Waals surface area (Å²) in [4.78, 5) is 30.2. The molecule has 2 atom stereocenters. The van der Waals surface area contributed by atoms with Gasteiger partial charge in [-0.1, -0.05) is 19.9 Å². The van der Waals surface area contributed by atoms with Gasteiger partial charge in [-0.15, -0.1) is 0 Å². The number of aliphatic imine (C=N–C) groups is 1. The number of carbonyl (C=O) groups is 2. The van der Waals surface area contributed by atoms with Gasteiger partial charge in [0.05, 0.1) is 14.2 Å². The molecule has 1 aromatic rings. The first kappa shape index (κ1) is 19.1. The molecule has 1 N–H and O–H groups in total. The number of phenols is 1. The van der Waals surface area contributed by atoms with Crippen molar-refractivity contribution in [2.24, 2.45) is 16.3 Å². The van der Waals surface area contributed by atoms with Crippen molar-refractivity contribution in [2.45, 2.75) is 39.5 Å². The van der Waals surface area contributed by atoms with Crippen LogP contribution in [0.5, 0.6) is 11.5 Å². The van der Waals surface area contributed by atoms with E-state index in [2.05, 4.69) is 4.99 Å². The van der Waals surface area contributed by atoms with Gasteiger partial charge in [-0.25, -0.2) is 0 Å². The molecule has 3 rings (SSSR count). The minimum atomic E-state index is -0.702. The molecule has 0 amide bonds. The third-order valence-electron chi connectivity index (χ3n) is 5.32. The number of hydrogen-bond acceptors (Lipinski definition) is 6. The van der Waals surface area contributed by atoms with E-state index in [9.17, 15) is 14.7 Å². The smallest absolute Gasteiger partial charge is 0.315 e. The van der Waals surface area contributed by atoms with Crippen LogP contribution in [0.25, 0.3) is 0 Å². The van der Waals surface area contributed by atoms with E-state index in [0.29, 0.717) is 35.4 Å². The van der Waals surface area contributed by atoms with Gasteiger partial charge in [0.2, 0.25) is 0 Å². The fourth-order valence-corrected chi connectivity index (χ4v) is 4.14. The largest absolute Gasteiger partial charge is 0.504 e. The highest BCUT2D eigenvalue weighted by Crippen LogP contribution is 2.48. The molecule has 1 aromatic carbocycles. The zero-order valence-electron chi connectivity index (χ0n) is 16.3. The molecule has 27 heavy (non-hydrogen) atoms. The molecule has 0 radical (unpaired) electrons. The van der Waals surface area contributed by atoms with Crippen LogP contribution in [0, 0.1) is 11.3 Å². The van der Waals surface area contributed by atoms with Crippen molar-refractivity contribution >= 4 is 17.5 Å². The molecule has 6 heteroatoms. The molecule has 0 saturated heterocycles. The van der Waals surface area contributed by atoms with Crippen molar-refractivity contribution < 1.29 is 24.2 Å². The highest BCUT2D eigenvalue weighted by molar-refractivity contribution is 6.09. The first-order valence-electron chi connectivity index (χ1n) is 8.94. The van der Waals surface area contributed by atoms with Gasteiger partial charge in [0.15, 0.2) is 17.3 Å². The van der Waals surface area contributed by atoms with Crippen molar-refractivity contribution in [1.82, 2.24) is 0 Å². The molecule has 0 spiro atoms. The summed E-state index contributed by atoms with van der Waals surface area (Å²) >= 11 is 0. The molecule has 0 fully saturated rings. The van der Waals surface area contributed by atoms with Gasteiger partial charge in [-0.05, 0) is 36.5 Å². The fourth-order valence-electron chi connectivity index (χ4n) is 4.14. The molecule has 2 aliphatic rings. The molecule has 1 aliphatic carbocycles. The van der Waals surface area contributed by atoms with E-state index in [0.717, 1.165) is 5.70 Å². The van der Waals surface area contributed by atoms with E-state index in [1.807, 2.05) is 13.8 Å². The van der Waals surface area contributed by atoms with E-state index >= 15 is 0 Å². The van der Waals surface area contributed by atoms with Crippen LogP contribution in [-0.2, 0) is 14.3 Å². The minimum absolute atomic E-state index is 0.00768. The Bertz CT molecular complexity index is 865. The number of ether oxygens (including phenoxy) is 2. The van der Waals surface area contributed by atoms with Crippen LogP contribution in [0.2, 0.25) is 0 Å². The Labute approximate surface area is 158 Å². The van der Waals surface area contributed by atoms with E-state index in [4.69, 9.17) is 9.47 Å². The second kappa shape index (κ2) is 6.83. The monoisotopic (exact) mass is 371 g/mol. The quantitative estimate of drug-likeness (QED) is 0.823. The average molecular weight is 371 g/mol. The summed E-state index contributed by atoms with van der Waals surface area (Å²) < 4.78 is 10.1. The Hall–Kier alpha value is -2.63. The summed E-state index contributed by atoms with van der Waals surface area (Å²) in [5.41, 5.74) is 2.39. The number of rotatable bonds is 3. The summed E-state index contributed by atoms with van der Waals surface area (Å²) in [6, 6.07) is 4.96. The number of esters is 1. The summed E-state index contributed by atoms with van der Waals surface area (Å²) in [5, 5.41) is 10.2. The van der Waals surface area contributed by atoms with Gasteiger partial charge in [0, 0.05) is 29.3 Å². The number of ketones is 1. The van der Waals surface area contributed by atoms with Gasteiger partial charge in [0.25, 0.3) is 0 Å². The molecule has 0 saturated carbocycles. The molecule has 6 nitrogen and oxygen atoms in total. The molecule has 144 valence electrons. The first-order valence-corrected chi connectivity index (χ1v) is 8.94. The zero-order valence-corrected chi connectivity index (χ0v) is 16.3. The first-order chi connectivity index (χ1) is 12.7. The predicted octanol–water partition coefficient (Wildman–Crippen LogP) is 3.39. The number of carbonyl (C=O) groups excluding carboxylic acids is 2. The Morgan fingerprint density at radius 1 is 1.26 bits per heavy atom. The lowest BCUT2D eigenvalue weighted by molar-refractivity contribution is -0.143. The maximum Gasteiger partial charge on any atom is 0.315 e. The van der Waals surface area contributed by atoms with E-state index < -0.39 is 17.8 Å². The summed E-state index contributed by atoms with van der Waals surface area (Å²) in [6.45, 7) is 5.87. The number of aromatic hydroxyl groups is 1. The van der Waals surface area contributed by atoms with Crippen molar-refractivity contribution in [1.29, 1.82) is 0 Å².